The summed E-state index contributed by atoms with van der Waals surface area (Å²) >= 11 is 0. The number of amides is 5. The molecular weight excluding hydrogens is 957 g/mol. The zero-order chi connectivity index (χ0) is 55.5. The van der Waals surface area contributed by atoms with Gasteiger partial charge in [-0.3, -0.25) is 24.0 Å². The second kappa shape index (κ2) is 30.1. The Labute approximate surface area is 445 Å². The van der Waals surface area contributed by atoms with Gasteiger partial charge in [-0.05, 0) is 135 Å². The van der Waals surface area contributed by atoms with Crippen molar-refractivity contribution in [2.75, 3.05) is 27.3 Å². The molecule has 0 aromatic heterocycles. The summed E-state index contributed by atoms with van der Waals surface area (Å²) < 4.78 is 10.5. The number of nitrogens with one attached hydrogen (secondary N) is 3. The number of nitrogens with two attached hydrogens (primary N) is 1. The Morgan fingerprint density at radius 3 is 1.36 bits per heavy atom. The van der Waals surface area contributed by atoms with Crippen LogP contribution in [0.1, 0.15) is 143 Å². The van der Waals surface area contributed by atoms with Gasteiger partial charge in [-0.2, -0.15) is 0 Å². The molecule has 2 aliphatic carbocycles. The number of carboxylic acids is 1. The summed E-state index contributed by atoms with van der Waals surface area (Å²) in [5.41, 5.74) is 8.08. The molecule has 8 atom stereocenters. The lowest BCUT2D eigenvalue weighted by Crippen LogP contribution is -2.55. The number of ether oxygens (including phenoxy) is 2. The SMILES string of the molecule is CC(C)C[C@H](NC(=O)[C@@H](O)CC(C)C)C(=O)O.COc1ccc([C@@H]2C=CC[C@H](N)C(=O)N2CC2CC2)cc1.COc1ccc([C@@H]2C=CC[C@H](NC(=O)[C@H](CC(C)C)NC(=O)[C@@H](O)CC(C)C)C(=O)N2CC2CC2)cc1. The smallest absolute Gasteiger partial charge is 0.326 e. The maximum absolute atomic E-state index is 13.8. The highest BCUT2D eigenvalue weighted by Crippen LogP contribution is 2.37. The molecule has 17 heteroatoms. The Balaban J connectivity index is 0.000000270. The number of rotatable bonds is 23. The summed E-state index contributed by atoms with van der Waals surface area (Å²) in [7, 11) is 3.28. The highest BCUT2D eigenvalue weighted by molar-refractivity contribution is 5.93. The third kappa shape index (κ3) is 20.7. The van der Waals surface area contributed by atoms with Crippen LogP contribution >= 0.6 is 0 Å². The molecular formula is C58H88N6O11. The molecule has 8 N–H and O–H groups in total. The number of aliphatic hydroxyl groups excluding tert-OH is 2. The van der Waals surface area contributed by atoms with Crippen molar-refractivity contribution in [2.24, 2.45) is 41.2 Å². The van der Waals surface area contributed by atoms with Gasteiger partial charge in [-0.25, -0.2) is 4.79 Å². The summed E-state index contributed by atoms with van der Waals surface area (Å²) in [6.45, 7) is 16.8. The zero-order valence-corrected chi connectivity index (χ0v) is 46.1. The van der Waals surface area contributed by atoms with E-state index >= 15 is 0 Å². The molecule has 2 aromatic rings. The van der Waals surface area contributed by atoms with Crippen molar-refractivity contribution < 1.29 is 53.6 Å². The summed E-state index contributed by atoms with van der Waals surface area (Å²) in [6, 6.07) is 12.5. The van der Waals surface area contributed by atoms with Crippen molar-refractivity contribution in [3.05, 3.63) is 84.0 Å². The lowest BCUT2D eigenvalue weighted by atomic mass is 10.0. The van der Waals surface area contributed by atoms with Crippen LogP contribution in [-0.4, -0.2) is 124 Å². The highest BCUT2D eigenvalue weighted by atomic mass is 16.5. The van der Waals surface area contributed by atoms with E-state index in [0.717, 1.165) is 42.0 Å². The molecule has 75 heavy (non-hydrogen) atoms. The van der Waals surface area contributed by atoms with E-state index in [1.165, 1.54) is 12.8 Å². The van der Waals surface area contributed by atoms with E-state index in [1.807, 2.05) is 132 Å². The first-order valence-corrected chi connectivity index (χ1v) is 27.0. The molecule has 2 heterocycles. The number of carbonyl (C=O) groups excluding carboxylic acids is 5. The molecule has 0 bridgehead atoms. The van der Waals surface area contributed by atoms with Crippen molar-refractivity contribution in [3.63, 3.8) is 0 Å². The second-order valence-corrected chi connectivity index (χ2v) is 22.3. The van der Waals surface area contributed by atoms with E-state index in [9.17, 15) is 39.0 Å². The molecule has 4 aliphatic rings. The topological polar surface area (TPSA) is 250 Å². The fourth-order valence-corrected chi connectivity index (χ4v) is 8.97. The van der Waals surface area contributed by atoms with E-state index in [-0.39, 0.29) is 47.6 Å². The molecule has 17 nitrogen and oxygen atoms in total. The second-order valence-electron chi connectivity index (χ2n) is 22.3. The molecule has 2 saturated carbocycles. The van der Waals surface area contributed by atoms with Crippen LogP contribution in [-0.2, 0) is 28.8 Å². The van der Waals surface area contributed by atoms with Crippen molar-refractivity contribution >= 4 is 35.5 Å². The minimum atomic E-state index is -1.18. The van der Waals surface area contributed by atoms with Crippen LogP contribution in [0.15, 0.2) is 72.8 Å². The van der Waals surface area contributed by atoms with Gasteiger partial charge in [0.2, 0.25) is 29.5 Å². The average molecular weight is 1050 g/mol. The van der Waals surface area contributed by atoms with Gasteiger partial charge in [0.25, 0.3) is 0 Å². The quantitative estimate of drug-likeness (QED) is 0.0580. The first-order chi connectivity index (χ1) is 35.5. The summed E-state index contributed by atoms with van der Waals surface area (Å²) in [4.78, 5) is 78.5. The van der Waals surface area contributed by atoms with Crippen LogP contribution in [0.25, 0.3) is 0 Å². The Morgan fingerprint density at radius 2 is 0.973 bits per heavy atom. The van der Waals surface area contributed by atoms with Gasteiger partial charge < -0.3 is 56.3 Å². The van der Waals surface area contributed by atoms with Crippen molar-refractivity contribution in [3.8, 4) is 11.5 Å². The van der Waals surface area contributed by atoms with Crippen LogP contribution in [0.4, 0.5) is 0 Å². The molecule has 416 valence electrons. The maximum Gasteiger partial charge on any atom is 0.326 e. The van der Waals surface area contributed by atoms with Gasteiger partial charge in [0.15, 0.2) is 0 Å². The minimum Gasteiger partial charge on any atom is -0.497 e. The van der Waals surface area contributed by atoms with Gasteiger partial charge in [-0.1, -0.05) is 104 Å². The van der Waals surface area contributed by atoms with Crippen LogP contribution < -0.4 is 31.2 Å². The lowest BCUT2D eigenvalue weighted by Gasteiger charge is -2.32. The van der Waals surface area contributed by atoms with Gasteiger partial charge in [0, 0.05) is 13.1 Å². The number of methoxy groups -OCH3 is 2. The Bertz CT molecular complexity index is 2210. The third-order valence-electron chi connectivity index (χ3n) is 13.4. The fourth-order valence-electron chi connectivity index (χ4n) is 8.97. The maximum atomic E-state index is 13.8. The average Bonchev–Trinajstić information content (AvgIpc) is 4.31. The number of hydrogen-bond donors (Lipinski definition) is 7. The first kappa shape index (κ1) is 61.8. The van der Waals surface area contributed by atoms with Crippen molar-refractivity contribution in [1.82, 2.24) is 25.8 Å². The molecule has 2 fully saturated rings. The number of carbonyl (C=O) groups is 6. The monoisotopic (exact) mass is 1040 g/mol. The Morgan fingerprint density at radius 1 is 0.587 bits per heavy atom. The number of aliphatic hydroxyl groups is 2. The van der Waals surface area contributed by atoms with Crippen LogP contribution in [0.3, 0.4) is 0 Å². The molecule has 2 aliphatic heterocycles. The van der Waals surface area contributed by atoms with Gasteiger partial charge >= 0.3 is 5.97 Å². The standard InChI is InChI=1S/C29H43N3O5.C17H22N2O2.C12H23NO4/c1-18(2)15-24(31-28(35)26(33)16-19(3)4)27(34)30-23-7-6-8-25(21-11-13-22(37-5)14-12-21)32(29(23)36)17-20-9-10-20;1-21-14-9-7-13(8-10-14)16-4-2-3-15(18)17(20)19(16)11-12-5-6-12;1-7(2)5-9(12(16)17)13-11(15)10(14)6-8(3)4/h6,8,11-14,18-20,23-26,33H,7,9-10,15-17H2,1-5H3,(H,30,34)(H,31,35);2,4,7-10,12,15-16H,3,5-6,11,18H2,1H3;7-10,14H,5-6H2,1-4H3,(H,13,15)(H,16,17)/t23-,24-,25-,26-;15-,16-;9-,10-/m000/s1. The number of carboxylic acid groups (broad SMARTS) is 1. The van der Waals surface area contributed by atoms with E-state index < -0.39 is 60.1 Å². The molecule has 0 unspecified atom stereocenters. The lowest BCUT2D eigenvalue weighted by molar-refractivity contribution is -0.144. The molecule has 0 saturated heterocycles. The number of hydrogen-bond acceptors (Lipinski definition) is 11. The molecule has 2 aromatic carbocycles. The number of nitrogens with zero attached hydrogens (tertiary/aromatic N) is 2. The van der Waals surface area contributed by atoms with Gasteiger partial charge in [-0.15, -0.1) is 0 Å². The molecule has 0 spiro atoms. The molecule has 5 amide bonds. The van der Waals surface area contributed by atoms with E-state index in [0.29, 0.717) is 56.9 Å². The summed E-state index contributed by atoms with van der Waals surface area (Å²) in [5, 5.41) is 36.7. The minimum absolute atomic E-state index is 0.0162. The van der Waals surface area contributed by atoms with Crippen molar-refractivity contribution in [1.29, 1.82) is 0 Å². The fraction of sp³-hybridized carbons (Fsp3) is 0.621. The highest BCUT2D eigenvalue weighted by Gasteiger charge is 2.38. The molecule has 0 radical (unpaired) electrons. The van der Waals surface area contributed by atoms with E-state index in [1.54, 1.807) is 14.2 Å². The Kier molecular flexibility index (Phi) is 24.8. The normalized spacial score (nSPS) is 21.2. The van der Waals surface area contributed by atoms with E-state index in [4.69, 9.17) is 20.3 Å². The summed E-state index contributed by atoms with van der Waals surface area (Å²) in [6.07, 6.45) is 12.8. The van der Waals surface area contributed by atoms with Gasteiger partial charge in [0.05, 0.1) is 32.3 Å². The zero-order valence-electron chi connectivity index (χ0n) is 46.1. The van der Waals surface area contributed by atoms with Crippen LogP contribution in [0.2, 0.25) is 0 Å². The van der Waals surface area contributed by atoms with Crippen LogP contribution in [0, 0.1) is 35.5 Å². The van der Waals surface area contributed by atoms with Crippen molar-refractivity contribution in [2.45, 2.75) is 168 Å². The van der Waals surface area contributed by atoms with Crippen LogP contribution in [0.5, 0.6) is 11.5 Å². The number of aliphatic carboxylic acids is 1. The molecule has 6 rings (SSSR count). The summed E-state index contributed by atoms with van der Waals surface area (Å²) in [5.74, 6) is 0.633. The Hall–Kier alpha value is -5.78. The third-order valence-corrected chi connectivity index (χ3v) is 13.4. The van der Waals surface area contributed by atoms with Gasteiger partial charge in [0.1, 0.15) is 41.8 Å². The predicted octanol–water partition coefficient (Wildman–Crippen LogP) is 6.63. The largest absolute Gasteiger partial charge is 0.497 e. The first-order valence-electron chi connectivity index (χ1n) is 27.0. The van der Waals surface area contributed by atoms with E-state index in [2.05, 4.69) is 22.0 Å². The number of benzene rings is 2. The predicted molar refractivity (Wildman–Crippen MR) is 289 cm³/mol.